The van der Waals surface area contributed by atoms with Crippen LogP contribution in [0.5, 0.6) is 0 Å². The van der Waals surface area contributed by atoms with Gasteiger partial charge in [-0.25, -0.2) is 0 Å². The average Bonchev–Trinajstić information content (AvgIpc) is 3.03. The first kappa shape index (κ1) is 17.0. The maximum absolute atomic E-state index is 13.0. The third kappa shape index (κ3) is 2.88. The second-order valence-electron chi connectivity index (χ2n) is 9.23. The van der Waals surface area contributed by atoms with Crippen molar-refractivity contribution in [3.63, 3.8) is 0 Å². The fourth-order valence-electron chi connectivity index (χ4n) is 6.39. The lowest BCUT2D eigenvalue weighted by Gasteiger charge is -2.59. The lowest BCUT2D eigenvalue weighted by atomic mass is 9.48. The lowest BCUT2D eigenvalue weighted by molar-refractivity contribution is -0.0688. The Morgan fingerprint density at radius 3 is 2.26 bits per heavy atom. The van der Waals surface area contributed by atoms with E-state index >= 15 is 0 Å². The number of aromatic nitrogens is 3. The fourth-order valence-corrected chi connectivity index (χ4v) is 6.39. The molecule has 2 aromatic rings. The molecule has 27 heavy (non-hydrogen) atoms. The topological polar surface area (TPSA) is 59.8 Å². The molecular formula is C22H28N4O. The smallest absolute Gasteiger partial charge is 0.273 e. The van der Waals surface area contributed by atoms with Gasteiger partial charge in [-0.05, 0) is 87.7 Å². The molecule has 1 aromatic heterocycles. The highest BCUT2D eigenvalue weighted by atomic mass is 16.2. The van der Waals surface area contributed by atoms with Crippen molar-refractivity contribution in [3.8, 4) is 5.69 Å². The van der Waals surface area contributed by atoms with Gasteiger partial charge in [-0.15, -0.1) is 5.10 Å². The van der Waals surface area contributed by atoms with Crippen molar-refractivity contribution in [3.05, 3.63) is 41.7 Å². The van der Waals surface area contributed by atoms with Gasteiger partial charge in [-0.3, -0.25) is 4.79 Å². The monoisotopic (exact) mass is 364 g/mol. The van der Waals surface area contributed by atoms with Gasteiger partial charge in [-0.2, -0.15) is 9.90 Å². The third-order valence-electron chi connectivity index (χ3n) is 7.34. The molecule has 142 valence electrons. The highest BCUT2D eigenvalue weighted by Crippen LogP contribution is 2.61. The Balaban J connectivity index is 1.34. The minimum absolute atomic E-state index is 0.0853. The summed E-state index contributed by atoms with van der Waals surface area (Å²) in [6.07, 6.45) is 8.13. The minimum atomic E-state index is -0.0853. The molecule has 0 unspecified atom stereocenters. The Morgan fingerprint density at radius 1 is 1.07 bits per heavy atom. The zero-order valence-corrected chi connectivity index (χ0v) is 16.2. The first-order chi connectivity index (χ1) is 13.0. The van der Waals surface area contributed by atoms with Crippen LogP contribution in [0, 0.1) is 30.1 Å². The van der Waals surface area contributed by atoms with E-state index in [4.69, 9.17) is 0 Å². The summed E-state index contributed by atoms with van der Waals surface area (Å²) in [4.78, 5) is 14.5. The van der Waals surface area contributed by atoms with E-state index in [1.54, 1.807) is 4.80 Å². The Morgan fingerprint density at radius 2 is 1.67 bits per heavy atom. The summed E-state index contributed by atoms with van der Waals surface area (Å²) in [5.74, 6) is 2.57. The van der Waals surface area contributed by atoms with E-state index in [9.17, 15) is 4.79 Å². The Bertz CT molecular complexity index is 821. The number of amides is 1. The summed E-state index contributed by atoms with van der Waals surface area (Å²) >= 11 is 0. The molecule has 0 aliphatic heterocycles. The number of nitrogens with zero attached hydrogens (tertiary/aromatic N) is 3. The van der Waals surface area contributed by atoms with Crippen LogP contribution in [0.4, 0.5) is 0 Å². The zero-order valence-electron chi connectivity index (χ0n) is 16.2. The van der Waals surface area contributed by atoms with Crippen LogP contribution in [-0.4, -0.2) is 26.9 Å². The van der Waals surface area contributed by atoms with Gasteiger partial charge >= 0.3 is 0 Å². The number of nitrogens with one attached hydrogen (secondary N) is 1. The largest absolute Gasteiger partial charge is 0.348 e. The Kier molecular flexibility index (Phi) is 3.88. The van der Waals surface area contributed by atoms with E-state index < -0.39 is 0 Å². The van der Waals surface area contributed by atoms with Crippen LogP contribution in [0.3, 0.4) is 0 Å². The van der Waals surface area contributed by atoms with Crippen molar-refractivity contribution in [2.24, 2.45) is 23.2 Å². The molecule has 0 spiro atoms. The van der Waals surface area contributed by atoms with Crippen molar-refractivity contribution in [2.75, 3.05) is 0 Å². The summed E-state index contributed by atoms with van der Waals surface area (Å²) in [5, 5.41) is 12.2. The Hall–Kier alpha value is -2.17. The molecule has 5 nitrogen and oxygen atoms in total. The van der Waals surface area contributed by atoms with Crippen molar-refractivity contribution >= 4 is 5.91 Å². The van der Waals surface area contributed by atoms with Crippen LogP contribution < -0.4 is 5.32 Å². The average molecular weight is 364 g/mol. The lowest BCUT2D eigenvalue weighted by Crippen LogP contribution is -2.55. The molecule has 4 aliphatic rings. The molecule has 4 bridgehead atoms. The van der Waals surface area contributed by atoms with Crippen molar-refractivity contribution < 1.29 is 4.79 Å². The van der Waals surface area contributed by atoms with Crippen LogP contribution in [0.25, 0.3) is 5.69 Å². The van der Waals surface area contributed by atoms with Gasteiger partial charge in [0.2, 0.25) is 0 Å². The highest BCUT2D eigenvalue weighted by molar-refractivity contribution is 5.93. The van der Waals surface area contributed by atoms with Gasteiger partial charge in [0.1, 0.15) is 0 Å². The zero-order chi connectivity index (χ0) is 18.6. The van der Waals surface area contributed by atoms with Crippen LogP contribution in [0.2, 0.25) is 0 Å². The van der Waals surface area contributed by atoms with Crippen molar-refractivity contribution in [1.82, 2.24) is 20.3 Å². The van der Waals surface area contributed by atoms with Gasteiger partial charge in [0, 0.05) is 6.04 Å². The summed E-state index contributed by atoms with van der Waals surface area (Å²) in [5.41, 5.74) is 2.28. The first-order valence-electron chi connectivity index (χ1n) is 10.3. The molecular weight excluding hydrogens is 336 g/mol. The van der Waals surface area contributed by atoms with E-state index in [-0.39, 0.29) is 11.9 Å². The quantitative estimate of drug-likeness (QED) is 0.895. The summed E-state index contributed by atoms with van der Waals surface area (Å²) in [6, 6.07) is 9.94. The number of aryl methyl sites for hydroxylation is 1. The second kappa shape index (κ2) is 6.18. The molecule has 5 heteroatoms. The van der Waals surface area contributed by atoms with E-state index in [0.717, 1.165) is 23.4 Å². The fraction of sp³-hybridized carbons (Fsp3) is 0.591. The third-order valence-corrected chi connectivity index (χ3v) is 7.34. The number of carbonyl (C=O) groups is 1. The Labute approximate surface area is 160 Å². The van der Waals surface area contributed by atoms with Crippen molar-refractivity contribution in [1.29, 1.82) is 0 Å². The summed E-state index contributed by atoms with van der Waals surface area (Å²) in [7, 11) is 0. The predicted octanol–water partition coefficient (Wildman–Crippen LogP) is 3.91. The molecule has 6 rings (SSSR count). The van der Waals surface area contributed by atoms with Gasteiger partial charge in [0.15, 0.2) is 5.69 Å². The van der Waals surface area contributed by atoms with E-state index in [2.05, 4.69) is 22.4 Å². The molecule has 4 fully saturated rings. The summed E-state index contributed by atoms with van der Waals surface area (Å²) < 4.78 is 0. The molecule has 1 aromatic carbocycles. The highest BCUT2D eigenvalue weighted by Gasteiger charge is 2.53. The van der Waals surface area contributed by atoms with Gasteiger partial charge < -0.3 is 5.32 Å². The normalized spacial score (nSPS) is 32.4. The molecule has 1 amide bonds. The second-order valence-corrected chi connectivity index (χ2v) is 9.23. The van der Waals surface area contributed by atoms with Gasteiger partial charge in [0.25, 0.3) is 5.91 Å². The van der Waals surface area contributed by atoms with Crippen LogP contribution >= 0.6 is 0 Å². The standard InChI is InChI=1S/C22H28N4O/c1-14-20(25-26(24-14)19-6-4-3-5-7-19)21(27)23-15(2)22-11-16-8-17(12-22)10-18(9-16)13-22/h3-7,15-18H,8-13H2,1-2H3,(H,23,27)/t15-,16?,17?,18?,22?/m0/s1. The van der Waals surface area contributed by atoms with E-state index in [1.165, 1.54) is 38.5 Å². The molecule has 1 N–H and O–H groups in total. The van der Waals surface area contributed by atoms with Gasteiger partial charge in [0.05, 0.1) is 11.4 Å². The van der Waals surface area contributed by atoms with E-state index in [1.807, 2.05) is 37.3 Å². The van der Waals surface area contributed by atoms with Gasteiger partial charge in [-0.1, -0.05) is 18.2 Å². The SMILES string of the molecule is Cc1nn(-c2ccccc2)nc1C(=O)N[C@@H](C)C12CC3CC(CC(C3)C1)C2. The molecule has 0 saturated heterocycles. The molecule has 1 atom stereocenters. The van der Waals surface area contributed by atoms with Crippen LogP contribution in [0.15, 0.2) is 30.3 Å². The molecule has 0 radical (unpaired) electrons. The number of hydrogen-bond acceptors (Lipinski definition) is 3. The number of rotatable bonds is 4. The number of para-hydroxylation sites is 1. The maximum atomic E-state index is 13.0. The summed E-state index contributed by atoms with van der Waals surface area (Å²) in [6.45, 7) is 4.07. The van der Waals surface area contributed by atoms with E-state index in [0.29, 0.717) is 16.8 Å². The predicted molar refractivity (Wildman–Crippen MR) is 104 cm³/mol. The molecule has 4 aliphatic carbocycles. The maximum Gasteiger partial charge on any atom is 0.273 e. The van der Waals surface area contributed by atoms with Crippen molar-refractivity contribution in [2.45, 2.75) is 58.4 Å². The number of benzene rings is 1. The number of carbonyl (C=O) groups excluding carboxylic acids is 1. The number of hydrogen-bond donors (Lipinski definition) is 1. The molecule has 4 saturated carbocycles. The van der Waals surface area contributed by atoms with Crippen LogP contribution in [-0.2, 0) is 0 Å². The van der Waals surface area contributed by atoms with Crippen LogP contribution in [0.1, 0.15) is 61.6 Å². The minimum Gasteiger partial charge on any atom is -0.348 e. The first-order valence-corrected chi connectivity index (χ1v) is 10.3. The molecule has 1 heterocycles.